The predicted octanol–water partition coefficient (Wildman–Crippen LogP) is 4.11. The molecule has 0 radical (unpaired) electrons. The lowest BCUT2D eigenvalue weighted by atomic mass is 10.0. The fourth-order valence-corrected chi connectivity index (χ4v) is 2.56. The Morgan fingerprint density at radius 3 is 2.41 bits per heavy atom. The van der Waals surface area contributed by atoms with Crippen LogP contribution < -0.4 is 4.74 Å². The van der Waals surface area contributed by atoms with Crippen LogP contribution in [0.5, 0.6) is 5.75 Å². The van der Waals surface area contributed by atoms with E-state index in [1.807, 2.05) is 42.5 Å². The first-order chi connectivity index (χ1) is 10.7. The highest BCUT2D eigenvalue weighted by molar-refractivity contribution is 6.34. The Morgan fingerprint density at radius 1 is 0.955 bits per heavy atom. The summed E-state index contributed by atoms with van der Waals surface area (Å²) < 4.78 is 10.4. The van der Waals surface area contributed by atoms with Crippen molar-refractivity contribution in [3.8, 4) is 17.0 Å². The third-order valence-corrected chi connectivity index (χ3v) is 3.76. The molecule has 0 amide bonds. The summed E-state index contributed by atoms with van der Waals surface area (Å²) in [6, 6.07) is 13.8. The van der Waals surface area contributed by atoms with E-state index in [9.17, 15) is 0 Å². The maximum Gasteiger partial charge on any atom is 0.159 e. The number of methoxy groups -OCH3 is 2. The van der Waals surface area contributed by atoms with Gasteiger partial charge in [0.05, 0.1) is 13.7 Å². The molecule has 22 heavy (non-hydrogen) atoms. The number of benzene rings is 2. The first-order valence-electron chi connectivity index (χ1n) is 6.81. The molecule has 4 nitrogen and oxygen atoms in total. The second-order valence-electron chi connectivity index (χ2n) is 4.88. The molecule has 0 saturated carbocycles. The Balaban J connectivity index is 2.12. The number of aromatic nitrogens is 2. The maximum absolute atomic E-state index is 6.17. The van der Waals surface area contributed by atoms with Gasteiger partial charge in [-0.15, -0.1) is 10.2 Å². The van der Waals surface area contributed by atoms with E-state index in [0.29, 0.717) is 11.8 Å². The van der Waals surface area contributed by atoms with Gasteiger partial charge in [0, 0.05) is 23.4 Å². The van der Waals surface area contributed by atoms with Gasteiger partial charge in [-0.3, -0.25) is 0 Å². The first kappa shape index (κ1) is 14.8. The van der Waals surface area contributed by atoms with Crippen LogP contribution in [0.25, 0.3) is 22.0 Å². The lowest BCUT2D eigenvalue weighted by Gasteiger charge is -2.09. The number of rotatable bonds is 4. The normalized spacial score (nSPS) is 10.9. The zero-order valence-electron chi connectivity index (χ0n) is 12.3. The van der Waals surface area contributed by atoms with E-state index in [1.54, 1.807) is 14.2 Å². The predicted molar refractivity (Wildman–Crippen MR) is 87.2 cm³/mol. The van der Waals surface area contributed by atoms with Crippen molar-refractivity contribution in [2.24, 2.45) is 0 Å². The van der Waals surface area contributed by atoms with Crippen molar-refractivity contribution < 1.29 is 9.47 Å². The van der Waals surface area contributed by atoms with E-state index in [1.165, 1.54) is 0 Å². The van der Waals surface area contributed by atoms with E-state index >= 15 is 0 Å². The van der Waals surface area contributed by atoms with Gasteiger partial charge >= 0.3 is 0 Å². The van der Waals surface area contributed by atoms with Crippen molar-refractivity contribution >= 4 is 22.4 Å². The summed E-state index contributed by atoms with van der Waals surface area (Å²) in [4.78, 5) is 0. The third kappa shape index (κ3) is 2.75. The van der Waals surface area contributed by atoms with E-state index in [-0.39, 0.29) is 0 Å². The van der Waals surface area contributed by atoms with Gasteiger partial charge in [-0.1, -0.05) is 35.9 Å². The summed E-state index contributed by atoms with van der Waals surface area (Å²) in [6.45, 7) is 0.588. The summed E-state index contributed by atoms with van der Waals surface area (Å²) in [5.74, 6) is 0.740. The number of nitrogens with zero attached hydrogens (tertiary/aromatic N) is 2. The molecule has 5 heteroatoms. The zero-order valence-corrected chi connectivity index (χ0v) is 13.1. The van der Waals surface area contributed by atoms with Crippen LogP contribution in [0.2, 0.25) is 5.15 Å². The van der Waals surface area contributed by atoms with Gasteiger partial charge in [-0.2, -0.15) is 0 Å². The minimum atomic E-state index is 0.369. The van der Waals surface area contributed by atoms with Crippen molar-refractivity contribution in [3.63, 3.8) is 0 Å². The van der Waals surface area contributed by atoms with Crippen LogP contribution in [0.15, 0.2) is 42.5 Å². The fourth-order valence-electron chi connectivity index (χ4n) is 2.37. The minimum Gasteiger partial charge on any atom is -0.497 e. The molecule has 1 heterocycles. The third-order valence-electron chi connectivity index (χ3n) is 3.48. The maximum atomic E-state index is 6.17. The summed E-state index contributed by atoms with van der Waals surface area (Å²) in [5, 5.41) is 10.4. The van der Waals surface area contributed by atoms with Gasteiger partial charge in [-0.05, 0) is 23.8 Å². The van der Waals surface area contributed by atoms with E-state index in [4.69, 9.17) is 21.1 Å². The number of hydrogen-bond donors (Lipinski definition) is 0. The number of halogens is 1. The second-order valence-corrected chi connectivity index (χ2v) is 5.24. The van der Waals surface area contributed by atoms with Crippen LogP contribution >= 0.6 is 11.6 Å². The standard InChI is InChI=1S/C17H15ClN2O2/c1-21-10-11-3-5-12(6-4-11)16-14-8-7-13(22-2)9-15(14)17(18)20-19-16/h3-9H,10H2,1-2H3. The molecule has 0 aliphatic carbocycles. The van der Waals surface area contributed by atoms with Crippen molar-refractivity contribution in [2.45, 2.75) is 6.61 Å². The van der Waals surface area contributed by atoms with E-state index < -0.39 is 0 Å². The number of fused-ring (bicyclic) bond motifs is 1. The Bertz CT molecular complexity index is 804. The molecule has 0 aliphatic heterocycles. The SMILES string of the molecule is COCc1ccc(-c2nnc(Cl)c3cc(OC)ccc23)cc1. The fraction of sp³-hybridized carbons (Fsp3) is 0.176. The molecule has 1 aromatic heterocycles. The quantitative estimate of drug-likeness (QED) is 0.727. The van der Waals surface area contributed by atoms with Crippen LogP contribution in [0.1, 0.15) is 5.56 Å². The van der Waals surface area contributed by atoms with Gasteiger partial charge in [0.25, 0.3) is 0 Å². The van der Waals surface area contributed by atoms with E-state index in [2.05, 4.69) is 10.2 Å². The summed E-state index contributed by atoms with van der Waals surface area (Å²) in [5.41, 5.74) is 2.89. The van der Waals surface area contributed by atoms with Gasteiger partial charge in [-0.25, -0.2) is 0 Å². The highest BCUT2D eigenvalue weighted by atomic mass is 35.5. The molecule has 0 bridgehead atoms. The van der Waals surface area contributed by atoms with Gasteiger partial charge < -0.3 is 9.47 Å². The van der Waals surface area contributed by atoms with Crippen LogP contribution in [-0.4, -0.2) is 24.4 Å². The summed E-state index contributed by atoms with van der Waals surface area (Å²) in [7, 11) is 3.30. The number of hydrogen-bond acceptors (Lipinski definition) is 4. The molecule has 0 N–H and O–H groups in total. The van der Waals surface area contributed by atoms with Crippen molar-refractivity contribution in [3.05, 3.63) is 53.2 Å². The van der Waals surface area contributed by atoms with Crippen LogP contribution in [0.3, 0.4) is 0 Å². The Kier molecular flexibility index (Phi) is 4.22. The monoisotopic (exact) mass is 314 g/mol. The minimum absolute atomic E-state index is 0.369. The smallest absolute Gasteiger partial charge is 0.159 e. The average Bonchev–Trinajstić information content (AvgIpc) is 2.56. The van der Waals surface area contributed by atoms with Crippen LogP contribution in [-0.2, 0) is 11.3 Å². The molecule has 0 unspecified atom stereocenters. The highest BCUT2D eigenvalue weighted by Crippen LogP contribution is 2.32. The molecule has 0 saturated heterocycles. The number of ether oxygens (including phenoxy) is 2. The van der Waals surface area contributed by atoms with Crippen molar-refractivity contribution in [2.75, 3.05) is 14.2 Å². The Hall–Kier alpha value is -2.17. The van der Waals surface area contributed by atoms with Gasteiger partial charge in [0.2, 0.25) is 0 Å². The van der Waals surface area contributed by atoms with Crippen LogP contribution in [0.4, 0.5) is 0 Å². The van der Waals surface area contributed by atoms with E-state index in [0.717, 1.165) is 33.3 Å². The molecule has 3 aromatic rings. The van der Waals surface area contributed by atoms with Crippen molar-refractivity contribution in [1.82, 2.24) is 10.2 Å². The molecule has 2 aromatic carbocycles. The topological polar surface area (TPSA) is 44.2 Å². The van der Waals surface area contributed by atoms with Gasteiger partial charge in [0.15, 0.2) is 5.15 Å². The zero-order chi connectivity index (χ0) is 15.5. The summed E-state index contributed by atoms with van der Waals surface area (Å²) >= 11 is 6.17. The summed E-state index contributed by atoms with van der Waals surface area (Å²) in [6.07, 6.45) is 0. The molecule has 112 valence electrons. The Morgan fingerprint density at radius 2 is 1.73 bits per heavy atom. The lowest BCUT2D eigenvalue weighted by Crippen LogP contribution is -1.93. The second kappa shape index (κ2) is 6.30. The lowest BCUT2D eigenvalue weighted by molar-refractivity contribution is 0.185. The Labute approximate surface area is 133 Å². The van der Waals surface area contributed by atoms with Crippen LogP contribution in [0, 0.1) is 0 Å². The molecule has 0 spiro atoms. The molecular weight excluding hydrogens is 300 g/mol. The first-order valence-corrected chi connectivity index (χ1v) is 7.19. The van der Waals surface area contributed by atoms with Crippen molar-refractivity contribution in [1.29, 1.82) is 0 Å². The highest BCUT2D eigenvalue weighted by Gasteiger charge is 2.11. The molecule has 0 aliphatic rings. The molecular formula is C17H15ClN2O2. The average molecular weight is 315 g/mol. The van der Waals surface area contributed by atoms with Gasteiger partial charge in [0.1, 0.15) is 11.4 Å². The largest absolute Gasteiger partial charge is 0.497 e. The molecule has 3 rings (SSSR count). The molecule has 0 atom stereocenters. The molecule has 0 fully saturated rings.